The van der Waals surface area contributed by atoms with Gasteiger partial charge in [-0.2, -0.15) is 10.4 Å². The molecule has 0 aliphatic carbocycles. The molecule has 9 heteroatoms. The number of hydrogen-bond donors (Lipinski definition) is 1. The van der Waals surface area contributed by atoms with Crippen molar-refractivity contribution >= 4 is 17.5 Å². The van der Waals surface area contributed by atoms with E-state index >= 15 is 0 Å². The number of rotatable bonds is 4. The number of anilines is 1. The van der Waals surface area contributed by atoms with Crippen molar-refractivity contribution in [3.05, 3.63) is 24.2 Å². The van der Waals surface area contributed by atoms with Crippen LogP contribution < -0.4 is 5.73 Å². The van der Waals surface area contributed by atoms with Crippen molar-refractivity contribution in [1.82, 2.24) is 14.6 Å². The summed E-state index contributed by atoms with van der Waals surface area (Å²) >= 11 is 0. The van der Waals surface area contributed by atoms with E-state index in [0.29, 0.717) is 24.2 Å². The molecule has 0 bridgehead atoms. The lowest BCUT2D eigenvalue weighted by molar-refractivity contribution is -0.0544. The molecule has 2 atom stereocenters. The van der Waals surface area contributed by atoms with E-state index in [1.807, 2.05) is 6.07 Å². The Hall–Kier alpha value is -2.86. The minimum Gasteiger partial charge on any atom is -0.435 e. The van der Waals surface area contributed by atoms with Crippen LogP contribution in [-0.2, 0) is 14.2 Å². The second-order valence-corrected chi connectivity index (χ2v) is 5.42. The number of fused-ring (bicyclic) bond motifs is 1. The first-order chi connectivity index (χ1) is 11.6. The molecule has 3 rings (SSSR count). The van der Waals surface area contributed by atoms with Gasteiger partial charge in [-0.05, 0) is 31.9 Å². The maximum atomic E-state index is 11.3. The smallest absolute Gasteiger partial charge is 0.435 e. The zero-order valence-corrected chi connectivity index (χ0v) is 13.1. The molecule has 2 unspecified atom stereocenters. The molecular formula is C15H17N5O4. The van der Waals surface area contributed by atoms with Crippen LogP contribution in [0.4, 0.5) is 10.6 Å². The summed E-state index contributed by atoms with van der Waals surface area (Å²) in [6, 6.07) is 5.74. The maximum absolute atomic E-state index is 11.3. The number of carbonyl (C=O) groups excluding carboxylic acids is 1. The average Bonchev–Trinajstić information content (AvgIpc) is 3.19. The summed E-state index contributed by atoms with van der Waals surface area (Å²) in [5.41, 5.74) is 6.07. The fourth-order valence-electron chi connectivity index (χ4n) is 2.74. The molecule has 1 saturated heterocycles. The lowest BCUT2D eigenvalue weighted by atomic mass is 10.0. The third kappa shape index (κ3) is 2.83. The molecule has 0 aromatic carbocycles. The van der Waals surface area contributed by atoms with Crippen LogP contribution in [0.2, 0.25) is 0 Å². The largest absolute Gasteiger partial charge is 0.508 e. The molecule has 24 heavy (non-hydrogen) atoms. The highest BCUT2D eigenvalue weighted by Crippen LogP contribution is 2.40. The molecule has 3 heterocycles. The number of nitrogens with two attached hydrogens (primary N) is 1. The zero-order chi connectivity index (χ0) is 17.2. The summed E-state index contributed by atoms with van der Waals surface area (Å²) in [5, 5.41) is 13.6. The molecule has 0 radical (unpaired) electrons. The topological polar surface area (TPSA) is 125 Å². The third-order valence-electron chi connectivity index (χ3n) is 3.91. The second kappa shape index (κ2) is 6.33. The Labute approximate surface area is 137 Å². The fourth-order valence-corrected chi connectivity index (χ4v) is 2.74. The van der Waals surface area contributed by atoms with E-state index in [9.17, 15) is 10.1 Å². The van der Waals surface area contributed by atoms with E-state index in [1.165, 1.54) is 6.33 Å². The summed E-state index contributed by atoms with van der Waals surface area (Å²) in [6.07, 6.45) is 1.22. The first kappa shape index (κ1) is 16.0. The van der Waals surface area contributed by atoms with Crippen molar-refractivity contribution in [2.24, 2.45) is 0 Å². The van der Waals surface area contributed by atoms with Crippen LogP contribution in [0.15, 0.2) is 18.5 Å². The molecule has 2 aromatic rings. The van der Waals surface area contributed by atoms with Gasteiger partial charge < -0.3 is 19.9 Å². The molecule has 126 valence electrons. The van der Waals surface area contributed by atoms with E-state index < -0.39 is 11.8 Å². The van der Waals surface area contributed by atoms with Gasteiger partial charge in [-0.15, -0.1) is 0 Å². The van der Waals surface area contributed by atoms with Crippen molar-refractivity contribution in [3.63, 3.8) is 0 Å². The van der Waals surface area contributed by atoms with Gasteiger partial charge in [0.2, 0.25) is 0 Å². The highest BCUT2D eigenvalue weighted by Gasteiger charge is 2.43. The van der Waals surface area contributed by atoms with E-state index in [2.05, 4.69) is 16.2 Å². The average molecular weight is 331 g/mol. The molecule has 0 spiro atoms. The normalized spacial score (nSPS) is 23.1. The van der Waals surface area contributed by atoms with Gasteiger partial charge in [-0.3, -0.25) is 0 Å². The minimum atomic E-state index is -1.19. The Bertz CT molecular complexity index is 799. The van der Waals surface area contributed by atoms with Crippen LogP contribution in [0.1, 0.15) is 31.6 Å². The predicted molar refractivity (Wildman–Crippen MR) is 81.8 cm³/mol. The van der Waals surface area contributed by atoms with E-state index in [4.69, 9.17) is 19.9 Å². The Morgan fingerprint density at radius 1 is 1.58 bits per heavy atom. The first-order valence-electron chi connectivity index (χ1n) is 7.55. The van der Waals surface area contributed by atoms with Crippen LogP contribution in [0.3, 0.4) is 0 Å². The van der Waals surface area contributed by atoms with Gasteiger partial charge in [0, 0.05) is 0 Å². The number of nitriles is 1. The van der Waals surface area contributed by atoms with Crippen molar-refractivity contribution in [2.45, 2.75) is 31.5 Å². The summed E-state index contributed by atoms with van der Waals surface area (Å²) in [4.78, 5) is 15.3. The van der Waals surface area contributed by atoms with Crippen LogP contribution in [0.25, 0.3) is 5.52 Å². The van der Waals surface area contributed by atoms with Crippen LogP contribution in [0.5, 0.6) is 0 Å². The number of nitrogen functional groups attached to an aromatic ring is 1. The van der Waals surface area contributed by atoms with Gasteiger partial charge in [0.1, 0.15) is 30.6 Å². The maximum Gasteiger partial charge on any atom is 0.508 e. The monoisotopic (exact) mass is 331 g/mol. The van der Waals surface area contributed by atoms with Crippen molar-refractivity contribution < 1.29 is 19.0 Å². The van der Waals surface area contributed by atoms with Crippen LogP contribution in [0, 0.1) is 11.3 Å². The fraction of sp³-hybridized carbons (Fsp3) is 0.467. The third-order valence-corrected chi connectivity index (χ3v) is 3.91. The second-order valence-electron chi connectivity index (χ2n) is 5.42. The highest BCUT2D eigenvalue weighted by atomic mass is 16.7. The van der Waals surface area contributed by atoms with Crippen molar-refractivity contribution in [3.8, 4) is 6.07 Å². The van der Waals surface area contributed by atoms with E-state index in [0.717, 1.165) is 5.69 Å². The number of aromatic nitrogens is 3. The first-order valence-corrected chi connectivity index (χ1v) is 7.55. The summed E-state index contributed by atoms with van der Waals surface area (Å²) in [7, 11) is 0. The van der Waals surface area contributed by atoms with Gasteiger partial charge in [0.05, 0.1) is 12.3 Å². The van der Waals surface area contributed by atoms with E-state index in [-0.39, 0.29) is 19.3 Å². The van der Waals surface area contributed by atoms with Crippen LogP contribution >= 0.6 is 0 Å². The number of nitrogens with zero attached hydrogens (tertiary/aromatic N) is 4. The summed E-state index contributed by atoms with van der Waals surface area (Å²) in [5.74, 6) is 0.367. The number of ether oxygens (including phenoxy) is 3. The van der Waals surface area contributed by atoms with Crippen molar-refractivity contribution in [1.29, 1.82) is 5.26 Å². The molecule has 1 fully saturated rings. The van der Waals surface area contributed by atoms with E-state index in [1.54, 1.807) is 17.5 Å². The van der Waals surface area contributed by atoms with Gasteiger partial charge in [0.15, 0.2) is 11.4 Å². The SMILES string of the molecule is CCOC(=O)OCC1(C#N)CCC(c2ccc3c(N)ncnn23)O1. The lowest BCUT2D eigenvalue weighted by Crippen LogP contribution is -2.33. The van der Waals surface area contributed by atoms with Gasteiger partial charge in [-0.1, -0.05) is 0 Å². The summed E-state index contributed by atoms with van der Waals surface area (Å²) in [6.45, 7) is 1.70. The molecule has 2 N–H and O–H groups in total. The predicted octanol–water partition coefficient (Wildman–Crippen LogP) is 1.60. The minimum absolute atomic E-state index is 0.181. The molecule has 1 aliphatic heterocycles. The zero-order valence-electron chi connectivity index (χ0n) is 13.1. The number of hydrogen-bond acceptors (Lipinski definition) is 8. The van der Waals surface area contributed by atoms with Gasteiger partial charge >= 0.3 is 6.16 Å². The molecule has 2 aromatic heterocycles. The molecule has 0 saturated carbocycles. The Kier molecular flexibility index (Phi) is 4.22. The summed E-state index contributed by atoms with van der Waals surface area (Å²) < 4.78 is 17.2. The van der Waals surface area contributed by atoms with Gasteiger partial charge in [0.25, 0.3) is 0 Å². The lowest BCUT2D eigenvalue weighted by Gasteiger charge is -2.21. The quantitative estimate of drug-likeness (QED) is 0.837. The van der Waals surface area contributed by atoms with Crippen molar-refractivity contribution in [2.75, 3.05) is 18.9 Å². The standard InChI is InChI=1S/C15H17N5O4/c1-2-22-14(21)23-8-15(7-16)6-5-12(24-15)10-3-4-11-13(17)18-9-19-20(10)11/h3-4,9,12H,2,5-6,8H2,1H3,(H2,17,18,19). The number of carbonyl (C=O) groups is 1. The van der Waals surface area contributed by atoms with Crippen LogP contribution in [-0.4, -0.2) is 39.6 Å². The Morgan fingerprint density at radius 2 is 2.42 bits per heavy atom. The molecule has 9 nitrogen and oxygen atoms in total. The highest BCUT2D eigenvalue weighted by molar-refractivity contribution is 5.65. The molecular weight excluding hydrogens is 314 g/mol. The Balaban J connectivity index is 1.76. The Morgan fingerprint density at radius 3 is 3.17 bits per heavy atom. The van der Waals surface area contributed by atoms with Gasteiger partial charge in [-0.25, -0.2) is 14.3 Å². The molecule has 0 amide bonds. The molecule has 1 aliphatic rings.